The number of likely N-dealkylation sites (tertiary alicyclic amines) is 1. The van der Waals surface area contributed by atoms with Crippen LogP contribution in [0, 0.1) is 0 Å². The van der Waals surface area contributed by atoms with E-state index in [1.54, 1.807) is 17.6 Å². The van der Waals surface area contributed by atoms with Gasteiger partial charge in [0.05, 0.1) is 18.7 Å². The second-order valence-electron chi connectivity index (χ2n) is 7.68. The number of nitrogens with zero attached hydrogens (tertiary/aromatic N) is 1. The zero-order valence-corrected chi connectivity index (χ0v) is 17.1. The largest absolute Gasteiger partial charge is 0.464 e. The van der Waals surface area contributed by atoms with Crippen molar-refractivity contribution >= 4 is 39.0 Å². The van der Waals surface area contributed by atoms with Crippen LogP contribution < -0.4 is 5.32 Å². The lowest BCUT2D eigenvalue weighted by atomic mass is 10.0. The van der Waals surface area contributed by atoms with Crippen LogP contribution in [-0.2, 0) is 11.2 Å². The molecule has 1 atom stereocenters. The van der Waals surface area contributed by atoms with Gasteiger partial charge in [-0.3, -0.25) is 9.69 Å². The molecule has 0 radical (unpaired) electrons. The molecular formula is C24H24N2O2S. The highest BCUT2D eigenvalue weighted by Gasteiger charge is 2.25. The zero-order valence-electron chi connectivity index (χ0n) is 16.3. The number of nitrogens with one attached hydrogen (secondary N) is 1. The Hall–Kier alpha value is -2.63. The minimum atomic E-state index is 0.0430. The third kappa shape index (κ3) is 3.68. The molecule has 0 spiro atoms. The molecule has 29 heavy (non-hydrogen) atoms. The minimum Gasteiger partial charge on any atom is -0.464 e. The van der Waals surface area contributed by atoms with E-state index in [4.69, 9.17) is 4.42 Å². The van der Waals surface area contributed by atoms with Crippen molar-refractivity contribution < 1.29 is 9.21 Å². The van der Waals surface area contributed by atoms with Crippen LogP contribution in [0.3, 0.4) is 0 Å². The lowest BCUT2D eigenvalue weighted by Crippen LogP contribution is -2.37. The van der Waals surface area contributed by atoms with Crippen molar-refractivity contribution in [1.82, 2.24) is 10.2 Å². The SMILES string of the molecule is O=C(Cc1coc2ccc3ccccc3c12)NC[C@@H](c1cccs1)N1CCCC1. The molecule has 5 rings (SSSR count). The van der Waals surface area contributed by atoms with Crippen molar-refractivity contribution in [2.45, 2.75) is 25.3 Å². The van der Waals surface area contributed by atoms with Gasteiger partial charge in [0.2, 0.25) is 5.91 Å². The van der Waals surface area contributed by atoms with Gasteiger partial charge in [0.25, 0.3) is 0 Å². The van der Waals surface area contributed by atoms with E-state index < -0.39 is 0 Å². The van der Waals surface area contributed by atoms with E-state index in [1.807, 2.05) is 18.2 Å². The molecule has 0 aliphatic carbocycles. The van der Waals surface area contributed by atoms with Crippen LogP contribution in [0.2, 0.25) is 0 Å². The van der Waals surface area contributed by atoms with Crippen LogP contribution in [0.15, 0.2) is 64.6 Å². The standard InChI is InChI=1S/C24H24N2O2S/c27-23(25-15-20(22-8-5-13-29-22)26-11-3-4-12-26)14-18-16-28-21-10-9-17-6-1-2-7-19(17)24(18)21/h1-2,5-10,13,16,20H,3-4,11-12,14-15H2,(H,25,27)/t20-/m0/s1. The van der Waals surface area contributed by atoms with Gasteiger partial charge in [0.1, 0.15) is 5.58 Å². The van der Waals surface area contributed by atoms with Gasteiger partial charge in [0, 0.05) is 22.4 Å². The maximum absolute atomic E-state index is 12.8. The van der Waals surface area contributed by atoms with Gasteiger partial charge in [0.15, 0.2) is 0 Å². The van der Waals surface area contributed by atoms with Crippen molar-refractivity contribution in [2.24, 2.45) is 0 Å². The highest BCUT2D eigenvalue weighted by atomic mass is 32.1. The molecule has 4 nitrogen and oxygen atoms in total. The fourth-order valence-electron chi connectivity index (χ4n) is 4.39. The lowest BCUT2D eigenvalue weighted by Gasteiger charge is -2.26. The number of amides is 1. The number of fused-ring (bicyclic) bond motifs is 3. The third-order valence-corrected chi connectivity index (χ3v) is 6.81. The monoisotopic (exact) mass is 404 g/mol. The Morgan fingerprint density at radius 2 is 1.97 bits per heavy atom. The van der Waals surface area contributed by atoms with E-state index in [0.717, 1.165) is 40.4 Å². The summed E-state index contributed by atoms with van der Waals surface area (Å²) in [5.41, 5.74) is 1.78. The van der Waals surface area contributed by atoms with Crippen molar-refractivity contribution in [3.8, 4) is 0 Å². The van der Waals surface area contributed by atoms with Crippen LogP contribution in [0.25, 0.3) is 21.7 Å². The maximum Gasteiger partial charge on any atom is 0.224 e. The molecule has 1 saturated heterocycles. The Bertz CT molecular complexity index is 1130. The smallest absolute Gasteiger partial charge is 0.224 e. The predicted molar refractivity (Wildman–Crippen MR) is 118 cm³/mol. The van der Waals surface area contributed by atoms with Gasteiger partial charge in [-0.2, -0.15) is 0 Å². The summed E-state index contributed by atoms with van der Waals surface area (Å²) in [6.45, 7) is 2.86. The van der Waals surface area contributed by atoms with Gasteiger partial charge < -0.3 is 9.73 Å². The molecule has 1 aliphatic heterocycles. The number of hydrogen-bond acceptors (Lipinski definition) is 4. The molecule has 0 unspecified atom stereocenters. The Morgan fingerprint density at radius 3 is 2.79 bits per heavy atom. The second-order valence-corrected chi connectivity index (χ2v) is 8.66. The average molecular weight is 405 g/mol. The van der Waals surface area contributed by atoms with E-state index in [9.17, 15) is 4.79 Å². The molecule has 1 aliphatic rings. The summed E-state index contributed by atoms with van der Waals surface area (Å²) in [5, 5.41) is 8.64. The number of hydrogen-bond donors (Lipinski definition) is 1. The van der Waals surface area contributed by atoms with E-state index in [0.29, 0.717) is 13.0 Å². The fourth-order valence-corrected chi connectivity index (χ4v) is 5.26. The first-order valence-electron chi connectivity index (χ1n) is 10.2. The summed E-state index contributed by atoms with van der Waals surface area (Å²) < 4.78 is 5.74. The Kier molecular flexibility index (Phi) is 5.08. The topological polar surface area (TPSA) is 45.5 Å². The van der Waals surface area contributed by atoms with Crippen molar-refractivity contribution in [1.29, 1.82) is 0 Å². The van der Waals surface area contributed by atoms with Crippen LogP contribution in [0.1, 0.15) is 29.3 Å². The second kappa shape index (κ2) is 8.01. The summed E-state index contributed by atoms with van der Waals surface area (Å²) in [7, 11) is 0. The van der Waals surface area contributed by atoms with E-state index in [-0.39, 0.29) is 11.9 Å². The first-order chi connectivity index (χ1) is 14.3. The number of carbonyl (C=O) groups excluding carboxylic acids is 1. The van der Waals surface area contributed by atoms with Crippen LogP contribution in [-0.4, -0.2) is 30.4 Å². The summed E-state index contributed by atoms with van der Waals surface area (Å²) in [5.74, 6) is 0.0430. The molecule has 1 amide bonds. The highest BCUT2D eigenvalue weighted by molar-refractivity contribution is 7.10. The molecule has 148 valence electrons. The van der Waals surface area contributed by atoms with Crippen LogP contribution >= 0.6 is 11.3 Å². The summed E-state index contributed by atoms with van der Waals surface area (Å²) in [6.07, 6.45) is 4.54. The molecule has 3 heterocycles. The average Bonchev–Trinajstić information content (AvgIpc) is 3.51. The van der Waals surface area contributed by atoms with Crippen LogP contribution in [0.5, 0.6) is 0 Å². The molecule has 2 aromatic carbocycles. The molecule has 0 saturated carbocycles. The van der Waals surface area contributed by atoms with Crippen LogP contribution in [0.4, 0.5) is 0 Å². The van der Waals surface area contributed by atoms with E-state index in [2.05, 4.69) is 45.9 Å². The number of benzene rings is 2. The Balaban J connectivity index is 1.33. The Morgan fingerprint density at radius 1 is 1.10 bits per heavy atom. The minimum absolute atomic E-state index is 0.0430. The predicted octanol–water partition coefficient (Wildman–Crippen LogP) is 5.14. The van der Waals surface area contributed by atoms with Gasteiger partial charge in [-0.05, 0) is 54.2 Å². The van der Waals surface area contributed by atoms with Gasteiger partial charge in [-0.25, -0.2) is 0 Å². The molecule has 2 aromatic heterocycles. The molecule has 1 N–H and O–H groups in total. The first kappa shape index (κ1) is 18.4. The summed E-state index contributed by atoms with van der Waals surface area (Å²) in [6, 6.07) is 16.8. The highest BCUT2D eigenvalue weighted by Crippen LogP contribution is 2.31. The number of carbonyl (C=O) groups is 1. The third-order valence-electron chi connectivity index (χ3n) is 5.84. The number of thiophene rings is 1. The van der Waals surface area contributed by atoms with E-state index in [1.165, 1.54) is 17.7 Å². The molecule has 4 aromatic rings. The first-order valence-corrected chi connectivity index (χ1v) is 11.1. The normalized spacial score (nSPS) is 15.9. The molecule has 5 heteroatoms. The van der Waals surface area contributed by atoms with Gasteiger partial charge in [-0.15, -0.1) is 11.3 Å². The van der Waals surface area contributed by atoms with E-state index >= 15 is 0 Å². The molecular weight excluding hydrogens is 380 g/mol. The fraction of sp³-hybridized carbons (Fsp3) is 0.292. The van der Waals surface area contributed by atoms with Gasteiger partial charge in [-0.1, -0.05) is 36.4 Å². The van der Waals surface area contributed by atoms with Crippen molar-refractivity contribution in [3.05, 3.63) is 70.6 Å². The maximum atomic E-state index is 12.8. The quantitative estimate of drug-likeness (QED) is 0.484. The Labute approximate surface area is 174 Å². The number of rotatable bonds is 6. The molecule has 0 bridgehead atoms. The zero-order chi connectivity index (χ0) is 19.6. The molecule has 1 fully saturated rings. The van der Waals surface area contributed by atoms with Crippen molar-refractivity contribution in [3.63, 3.8) is 0 Å². The lowest BCUT2D eigenvalue weighted by molar-refractivity contribution is -0.120. The van der Waals surface area contributed by atoms with Gasteiger partial charge >= 0.3 is 0 Å². The van der Waals surface area contributed by atoms with Crippen molar-refractivity contribution in [2.75, 3.05) is 19.6 Å². The number of furan rings is 1. The summed E-state index contributed by atoms with van der Waals surface area (Å²) >= 11 is 1.77. The summed E-state index contributed by atoms with van der Waals surface area (Å²) in [4.78, 5) is 16.6.